The molecule has 0 aliphatic carbocycles. The van der Waals surface area contributed by atoms with Crippen LogP contribution in [0.5, 0.6) is 0 Å². The molecule has 1 N–H and O–H groups in total. The van der Waals surface area contributed by atoms with Crippen molar-refractivity contribution in [2.24, 2.45) is 0 Å². The average Bonchev–Trinajstić information content (AvgIpc) is 2.95. The summed E-state index contributed by atoms with van der Waals surface area (Å²) in [5.74, 6) is 0.753. The van der Waals surface area contributed by atoms with Crippen LogP contribution in [-0.2, 0) is 0 Å². The number of fused-ring (bicyclic) bond motifs is 1. The monoisotopic (exact) mass is 227 g/mol. The lowest BCUT2D eigenvalue weighted by Crippen LogP contribution is -1.73. The minimum atomic E-state index is 0.753. The maximum absolute atomic E-state index is 4.12. The summed E-state index contributed by atoms with van der Waals surface area (Å²) in [6.07, 6.45) is 3.89. The zero-order valence-electron chi connectivity index (χ0n) is 8.42. The van der Waals surface area contributed by atoms with E-state index in [4.69, 9.17) is 0 Å². The number of nitrogens with one attached hydrogen (secondary N) is 1. The SMILES string of the molecule is C(=C\c1cc2ccccc2[nH]1)/c1ncsn1. The fourth-order valence-corrected chi connectivity index (χ4v) is 2.02. The van der Waals surface area contributed by atoms with E-state index in [9.17, 15) is 0 Å². The quantitative estimate of drug-likeness (QED) is 0.730. The molecular formula is C12H9N3S. The Bertz CT molecular complexity index is 590. The topological polar surface area (TPSA) is 41.6 Å². The Kier molecular flexibility index (Phi) is 2.27. The van der Waals surface area contributed by atoms with E-state index in [0.717, 1.165) is 17.0 Å². The highest BCUT2D eigenvalue weighted by molar-refractivity contribution is 7.03. The zero-order valence-corrected chi connectivity index (χ0v) is 9.24. The molecule has 2 heterocycles. The Morgan fingerprint density at radius 3 is 2.94 bits per heavy atom. The first kappa shape index (κ1) is 9.30. The predicted octanol–water partition coefficient (Wildman–Crippen LogP) is 3.19. The van der Waals surface area contributed by atoms with Crippen molar-refractivity contribution in [1.29, 1.82) is 0 Å². The van der Waals surface area contributed by atoms with Crippen LogP contribution >= 0.6 is 11.5 Å². The molecule has 0 saturated carbocycles. The number of nitrogens with zero attached hydrogens (tertiary/aromatic N) is 2. The van der Waals surface area contributed by atoms with E-state index < -0.39 is 0 Å². The third kappa shape index (κ3) is 1.75. The fourth-order valence-electron chi connectivity index (χ4n) is 1.60. The molecule has 0 fully saturated rings. The van der Waals surface area contributed by atoms with Gasteiger partial charge in [0.25, 0.3) is 0 Å². The van der Waals surface area contributed by atoms with Gasteiger partial charge in [-0.15, -0.1) is 0 Å². The van der Waals surface area contributed by atoms with E-state index in [2.05, 4.69) is 32.5 Å². The molecule has 78 valence electrons. The van der Waals surface area contributed by atoms with Crippen LogP contribution in [0.15, 0.2) is 35.8 Å². The van der Waals surface area contributed by atoms with Crippen LogP contribution in [0.3, 0.4) is 0 Å². The molecule has 3 nitrogen and oxygen atoms in total. The van der Waals surface area contributed by atoms with E-state index in [1.807, 2.05) is 24.3 Å². The number of rotatable bonds is 2. The van der Waals surface area contributed by atoms with E-state index in [0.29, 0.717) is 0 Å². The Labute approximate surface area is 96.6 Å². The van der Waals surface area contributed by atoms with Gasteiger partial charge in [-0.2, -0.15) is 4.37 Å². The lowest BCUT2D eigenvalue weighted by atomic mass is 10.2. The van der Waals surface area contributed by atoms with Gasteiger partial charge in [-0.25, -0.2) is 4.98 Å². The molecule has 4 heteroatoms. The number of para-hydroxylation sites is 1. The summed E-state index contributed by atoms with van der Waals surface area (Å²) in [7, 11) is 0. The lowest BCUT2D eigenvalue weighted by molar-refractivity contribution is 1.28. The molecule has 0 saturated heterocycles. The minimum Gasteiger partial charge on any atom is -0.355 e. The van der Waals surface area contributed by atoms with Gasteiger partial charge < -0.3 is 4.98 Å². The first-order valence-electron chi connectivity index (χ1n) is 4.94. The van der Waals surface area contributed by atoms with Gasteiger partial charge in [-0.3, -0.25) is 0 Å². The smallest absolute Gasteiger partial charge is 0.165 e. The number of H-pyrrole nitrogens is 1. The van der Waals surface area contributed by atoms with E-state index in [-0.39, 0.29) is 0 Å². The van der Waals surface area contributed by atoms with Crippen LogP contribution in [-0.4, -0.2) is 14.3 Å². The Balaban J connectivity index is 1.95. The van der Waals surface area contributed by atoms with Crippen molar-refractivity contribution >= 4 is 34.6 Å². The first-order valence-corrected chi connectivity index (χ1v) is 5.78. The average molecular weight is 227 g/mol. The van der Waals surface area contributed by atoms with Crippen LogP contribution in [0.2, 0.25) is 0 Å². The van der Waals surface area contributed by atoms with Gasteiger partial charge in [0.05, 0.1) is 0 Å². The van der Waals surface area contributed by atoms with Gasteiger partial charge in [0.2, 0.25) is 0 Å². The van der Waals surface area contributed by atoms with Crippen LogP contribution in [0.1, 0.15) is 11.5 Å². The Morgan fingerprint density at radius 1 is 1.19 bits per heavy atom. The molecule has 0 atom stereocenters. The molecule has 0 amide bonds. The summed E-state index contributed by atoms with van der Waals surface area (Å²) in [6, 6.07) is 10.3. The molecule has 16 heavy (non-hydrogen) atoms. The van der Waals surface area contributed by atoms with E-state index in [1.54, 1.807) is 5.51 Å². The maximum Gasteiger partial charge on any atom is 0.165 e. The van der Waals surface area contributed by atoms with Crippen molar-refractivity contribution in [1.82, 2.24) is 14.3 Å². The number of aromatic amines is 1. The molecule has 0 aliphatic heterocycles. The van der Waals surface area contributed by atoms with Crippen molar-refractivity contribution in [3.8, 4) is 0 Å². The molecule has 0 bridgehead atoms. The van der Waals surface area contributed by atoms with Gasteiger partial charge in [-0.1, -0.05) is 18.2 Å². The third-order valence-electron chi connectivity index (χ3n) is 2.34. The summed E-state index contributed by atoms with van der Waals surface area (Å²) < 4.78 is 4.12. The molecule has 0 aliphatic rings. The van der Waals surface area contributed by atoms with Gasteiger partial charge >= 0.3 is 0 Å². The lowest BCUT2D eigenvalue weighted by Gasteiger charge is -1.84. The molecule has 2 aromatic heterocycles. The van der Waals surface area contributed by atoms with Crippen LogP contribution in [0, 0.1) is 0 Å². The highest BCUT2D eigenvalue weighted by atomic mass is 32.1. The van der Waals surface area contributed by atoms with Gasteiger partial charge in [0.15, 0.2) is 5.82 Å². The van der Waals surface area contributed by atoms with Crippen molar-refractivity contribution in [3.05, 3.63) is 47.4 Å². The third-order valence-corrected chi connectivity index (χ3v) is 2.83. The predicted molar refractivity (Wildman–Crippen MR) is 67.1 cm³/mol. The number of hydrogen-bond acceptors (Lipinski definition) is 3. The van der Waals surface area contributed by atoms with Crippen molar-refractivity contribution in [2.45, 2.75) is 0 Å². The van der Waals surface area contributed by atoms with Crippen molar-refractivity contribution in [3.63, 3.8) is 0 Å². The second kappa shape index (κ2) is 3.90. The summed E-state index contributed by atoms with van der Waals surface area (Å²) in [5, 5.41) is 1.22. The summed E-state index contributed by atoms with van der Waals surface area (Å²) in [4.78, 5) is 7.41. The molecule has 0 spiro atoms. The molecule has 0 unspecified atom stereocenters. The summed E-state index contributed by atoms with van der Waals surface area (Å²) in [6.45, 7) is 0. The normalized spacial score (nSPS) is 11.5. The Hall–Kier alpha value is -1.94. The number of benzene rings is 1. The Morgan fingerprint density at radius 2 is 2.12 bits per heavy atom. The first-order chi connectivity index (χ1) is 7.92. The fraction of sp³-hybridized carbons (Fsp3) is 0. The van der Waals surface area contributed by atoms with Crippen LogP contribution < -0.4 is 0 Å². The highest BCUT2D eigenvalue weighted by Gasteiger charge is 1.96. The molecular weight excluding hydrogens is 218 g/mol. The summed E-state index contributed by atoms with van der Waals surface area (Å²) in [5.41, 5.74) is 3.94. The standard InChI is InChI=1S/C12H9N3S/c1-2-4-11-9(3-1)7-10(14-11)5-6-12-13-8-16-15-12/h1-8,14H/b6-5+. The second-order valence-corrected chi connectivity index (χ2v) is 4.04. The highest BCUT2D eigenvalue weighted by Crippen LogP contribution is 2.16. The zero-order chi connectivity index (χ0) is 10.8. The van der Waals surface area contributed by atoms with Gasteiger partial charge in [-0.05, 0) is 41.2 Å². The molecule has 3 rings (SSSR count). The van der Waals surface area contributed by atoms with Crippen LogP contribution in [0.25, 0.3) is 23.1 Å². The molecule has 0 radical (unpaired) electrons. The summed E-state index contributed by atoms with van der Waals surface area (Å²) >= 11 is 1.36. The largest absolute Gasteiger partial charge is 0.355 e. The minimum absolute atomic E-state index is 0.753. The molecule has 3 aromatic rings. The number of hydrogen-bond donors (Lipinski definition) is 1. The van der Waals surface area contributed by atoms with Crippen molar-refractivity contribution in [2.75, 3.05) is 0 Å². The van der Waals surface area contributed by atoms with Gasteiger partial charge in [0.1, 0.15) is 5.51 Å². The van der Waals surface area contributed by atoms with Crippen molar-refractivity contribution < 1.29 is 0 Å². The van der Waals surface area contributed by atoms with Gasteiger partial charge in [0, 0.05) is 11.2 Å². The molecule has 1 aromatic carbocycles. The van der Waals surface area contributed by atoms with E-state index in [1.165, 1.54) is 16.9 Å². The maximum atomic E-state index is 4.12. The van der Waals surface area contributed by atoms with Crippen LogP contribution in [0.4, 0.5) is 0 Å². The van der Waals surface area contributed by atoms with E-state index >= 15 is 0 Å². The number of aromatic nitrogens is 3. The second-order valence-electron chi connectivity index (χ2n) is 3.43.